The third-order valence-electron chi connectivity index (χ3n) is 4.34. The summed E-state index contributed by atoms with van der Waals surface area (Å²) < 4.78 is 35.1. The van der Waals surface area contributed by atoms with Gasteiger partial charge in [-0.05, 0) is 24.3 Å². The number of nitrogens with one attached hydrogen (secondary N) is 2. The number of anilines is 1. The molecule has 1 amide bonds. The Morgan fingerprint density at radius 1 is 0.839 bits per heavy atom. The molecule has 0 aromatic heterocycles. The van der Waals surface area contributed by atoms with Crippen molar-refractivity contribution in [1.29, 1.82) is 5.41 Å². The molecule has 0 fully saturated rings. The minimum atomic E-state index is -3.54. The van der Waals surface area contributed by atoms with E-state index in [1.54, 1.807) is 48.5 Å². The van der Waals surface area contributed by atoms with Crippen LogP contribution in [0.1, 0.15) is 13.8 Å². The molecule has 2 rings (SSSR count). The minimum absolute atomic E-state index is 0.0486. The second-order valence-electron chi connectivity index (χ2n) is 6.48. The lowest BCUT2D eigenvalue weighted by Gasteiger charge is -2.36. The Kier molecular flexibility index (Phi) is 8.64. The number of carbonyl (C=O) groups excluding carboxylic acids is 1. The highest BCUT2D eigenvalue weighted by Crippen LogP contribution is 2.21. The van der Waals surface area contributed by atoms with Crippen LogP contribution >= 0.6 is 0 Å². The molecule has 168 valence electrons. The zero-order valence-electron chi connectivity index (χ0n) is 18.5. The van der Waals surface area contributed by atoms with Gasteiger partial charge in [0.25, 0.3) is 0 Å². The Balaban J connectivity index is 2.53. The van der Waals surface area contributed by atoms with E-state index in [4.69, 9.17) is 32.0 Å². The van der Waals surface area contributed by atoms with E-state index < -0.39 is 17.6 Å². The third-order valence-corrected chi connectivity index (χ3v) is 10.7. The van der Waals surface area contributed by atoms with E-state index in [0.717, 1.165) is 0 Å². The van der Waals surface area contributed by atoms with Gasteiger partial charge in [-0.3, -0.25) is 10.2 Å². The molecule has 2 aromatic rings. The van der Waals surface area contributed by atoms with Crippen molar-refractivity contribution in [2.45, 2.75) is 13.8 Å². The number of hydrogen-bond donors (Lipinski definition) is 2. The van der Waals surface area contributed by atoms with E-state index in [9.17, 15) is 4.79 Å². The number of benzene rings is 2. The van der Waals surface area contributed by atoms with Crippen molar-refractivity contribution >= 4 is 45.5 Å². The summed E-state index contributed by atoms with van der Waals surface area (Å²) in [5.74, 6) is 0.303. The highest BCUT2D eigenvalue weighted by Gasteiger charge is 2.55. The van der Waals surface area contributed by atoms with E-state index in [1.807, 2.05) is 0 Å². The van der Waals surface area contributed by atoms with Crippen molar-refractivity contribution < 1.29 is 31.4 Å². The van der Waals surface area contributed by atoms with E-state index in [2.05, 4.69) is 5.32 Å². The van der Waals surface area contributed by atoms with Crippen LogP contribution in [0.2, 0.25) is 0 Å². The van der Waals surface area contributed by atoms with Crippen molar-refractivity contribution in [3.05, 3.63) is 48.5 Å². The zero-order valence-corrected chi connectivity index (χ0v) is 20.5. The molecule has 2 N–H and O–H groups in total. The Labute approximate surface area is 184 Å². The fourth-order valence-electron chi connectivity index (χ4n) is 3.02. The molecule has 2 aromatic carbocycles. The van der Waals surface area contributed by atoms with Gasteiger partial charge in [0.2, 0.25) is 5.91 Å². The highest BCUT2D eigenvalue weighted by atomic mass is 28.5. The molecule has 11 heteroatoms. The van der Waals surface area contributed by atoms with Crippen molar-refractivity contribution in [2.24, 2.45) is 0 Å². The molecule has 0 radical (unpaired) electrons. The number of amides is 1. The smallest absolute Gasteiger partial charge is 0.444 e. The molecular formula is C20H28N2O7Si2. The molecule has 0 atom stereocenters. The van der Waals surface area contributed by atoms with Crippen LogP contribution in [0.15, 0.2) is 48.5 Å². The Morgan fingerprint density at radius 3 is 1.84 bits per heavy atom. The molecule has 0 saturated carbocycles. The van der Waals surface area contributed by atoms with Gasteiger partial charge in [0, 0.05) is 58.3 Å². The highest BCUT2D eigenvalue weighted by molar-refractivity contribution is 6.88. The first kappa shape index (κ1) is 24.9. The first-order valence-electron chi connectivity index (χ1n) is 9.36. The van der Waals surface area contributed by atoms with Gasteiger partial charge in [0.05, 0.1) is 0 Å². The molecule has 0 unspecified atom stereocenters. The van der Waals surface area contributed by atoms with Gasteiger partial charge in [-0.1, -0.05) is 24.3 Å². The average molecular weight is 465 g/mol. The molecule has 0 aliphatic carbocycles. The fraction of sp³-hybridized carbons (Fsp3) is 0.300. The van der Waals surface area contributed by atoms with Crippen LogP contribution in [0.4, 0.5) is 5.69 Å². The van der Waals surface area contributed by atoms with Crippen LogP contribution in [0.25, 0.3) is 0 Å². The number of rotatable bonds is 10. The molecule has 0 spiro atoms. The lowest BCUT2D eigenvalue weighted by atomic mass is 10.3. The average Bonchev–Trinajstić information content (AvgIpc) is 2.75. The van der Waals surface area contributed by atoms with Crippen LogP contribution in [0, 0.1) is 5.41 Å². The van der Waals surface area contributed by atoms with Gasteiger partial charge in [-0.2, -0.15) is 0 Å². The maximum absolute atomic E-state index is 11.5. The fourth-order valence-corrected chi connectivity index (χ4v) is 9.24. The van der Waals surface area contributed by atoms with E-state index in [1.165, 1.54) is 42.3 Å². The molecule has 31 heavy (non-hydrogen) atoms. The van der Waals surface area contributed by atoms with Crippen molar-refractivity contribution in [3.8, 4) is 5.75 Å². The van der Waals surface area contributed by atoms with Crippen LogP contribution in [0.5, 0.6) is 5.75 Å². The normalized spacial score (nSPS) is 11.8. The predicted molar refractivity (Wildman–Crippen MR) is 121 cm³/mol. The second kappa shape index (κ2) is 10.8. The van der Waals surface area contributed by atoms with Gasteiger partial charge in [0.15, 0.2) is 5.90 Å². The molecule has 0 aliphatic rings. The largest absolute Gasteiger partial charge is 0.529 e. The quantitative estimate of drug-likeness (QED) is 0.312. The molecule has 0 saturated heterocycles. The molecular weight excluding hydrogens is 436 g/mol. The first-order chi connectivity index (χ1) is 14.7. The van der Waals surface area contributed by atoms with Crippen LogP contribution in [0.3, 0.4) is 0 Å². The third kappa shape index (κ3) is 5.86. The summed E-state index contributed by atoms with van der Waals surface area (Å²) in [5.41, 5.74) is 0.582. The lowest BCUT2D eigenvalue weighted by Crippen LogP contribution is -2.68. The van der Waals surface area contributed by atoms with Crippen molar-refractivity contribution in [2.75, 3.05) is 33.8 Å². The standard InChI is InChI=1S/C20H28N2O7Si2/c1-15(21)28-18-10-8-12-20(14-18)31(26-5,27-6)29-30(24-3,25-4)19-11-7-9-17(13-19)22-16(2)23/h7-14,21H,1-6H3,(H,22,23). The molecule has 0 bridgehead atoms. The SMILES string of the molecule is CO[Si](OC)(O[Si](OC)(OC)c1cccc(OC(C)=N)c1)c1cccc(NC(C)=O)c1. The first-order valence-corrected chi connectivity index (χ1v) is 12.8. The van der Waals surface area contributed by atoms with Gasteiger partial charge < -0.3 is 31.9 Å². The summed E-state index contributed by atoms with van der Waals surface area (Å²) in [4.78, 5) is 11.5. The van der Waals surface area contributed by atoms with Crippen LogP contribution in [-0.4, -0.2) is 57.9 Å². The predicted octanol–water partition coefficient (Wildman–Crippen LogP) is 1.62. The van der Waals surface area contributed by atoms with Gasteiger partial charge in [-0.25, -0.2) is 0 Å². The Hall–Kier alpha value is -2.39. The van der Waals surface area contributed by atoms with E-state index in [-0.39, 0.29) is 11.8 Å². The Bertz CT molecular complexity index is 844. The maximum Gasteiger partial charge on any atom is 0.529 e. The summed E-state index contributed by atoms with van der Waals surface area (Å²) in [6, 6.07) is 14.0. The molecule has 9 nitrogen and oxygen atoms in total. The van der Waals surface area contributed by atoms with Gasteiger partial charge in [0.1, 0.15) is 5.75 Å². The number of hydrogen-bond acceptors (Lipinski definition) is 8. The topological polar surface area (TPSA) is 108 Å². The van der Waals surface area contributed by atoms with Gasteiger partial charge >= 0.3 is 17.6 Å². The summed E-state index contributed by atoms with van der Waals surface area (Å²) in [6.45, 7) is 2.97. The van der Waals surface area contributed by atoms with Gasteiger partial charge in [-0.15, -0.1) is 0 Å². The summed E-state index contributed by atoms with van der Waals surface area (Å²) in [5, 5.41) is 11.5. The second-order valence-corrected chi connectivity index (χ2v) is 12.3. The maximum atomic E-state index is 11.5. The molecule has 0 heterocycles. The molecule has 0 aliphatic heterocycles. The van der Waals surface area contributed by atoms with Crippen LogP contribution in [-0.2, 0) is 26.6 Å². The number of carbonyl (C=O) groups is 1. The zero-order chi connectivity index (χ0) is 23.1. The summed E-state index contributed by atoms with van der Waals surface area (Å²) in [6.07, 6.45) is 0. The lowest BCUT2D eigenvalue weighted by molar-refractivity contribution is -0.114. The van der Waals surface area contributed by atoms with Crippen molar-refractivity contribution in [3.63, 3.8) is 0 Å². The minimum Gasteiger partial charge on any atom is -0.444 e. The number of ether oxygens (including phenoxy) is 1. The van der Waals surface area contributed by atoms with E-state index >= 15 is 0 Å². The summed E-state index contributed by atoms with van der Waals surface area (Å²) >= 11 is 0. The van der Waals surface area contributed by atoms with E-state index in [0.29, 0.717) is 21.8 Å². The summed E-state index contributed by atoms with van der Waals surface area (Å²) in [7, 11) is -1.11. The Morgan fingerprint density at radius 2 is 1.35 bits per heavy atom. The van der Waals surface area contributed by atoms with Crippen LogP contribution < -0.4 is 20.4 Å². The van der Waals surface area contributed by atoms with Crippen molar-refractivity contribution in [1.82, 2.24) is 0 Å². The monoisotopic (exact) mass is 464 g/mol.